The van der Waals surface area contributed by atoms with Crippen molar-refractivity contribution in [3.05, 3.63) is 29.3 Å². The van der Waals surface area contributed by atoms with Crippen molar-refractivity contribution in [3.63, 3.8) is 0 Å². The molecule has 15 heteroatoms. The van der Waals surface area contributed by atoms with E-state index in [4.69, 9.17) is 37.9 Å². The Morgan fingerprint density at radius 2 is 1.19 bits per heavy atom. The van der Waals surface area contributed by atoms with Crippen molar-refractivity contribution in [3.8, 4) is 0 Å². The van der Waals surface area contributed by atoms with E-state index in [9.17, 15) is 19.2 Å². The molecule has 264 valence electrons. The van der Waals surface area contributed by atoms with Crippen LogP contribution in [0.5, 0.6) is 0 Å². The quantitative estimate of drug-likeness (QED) is 0.101. The summed E-state index contributed by atoms with van der Waals surface area (Å²) < 4.78 is 43.7. The van der Waals surface area contributed by atoms with Gasteiger partial charge in [-0.3, -0.25) is 29.4 Å². The second kappa shape index (κ2) is 22.5. The number of fused-ring (bicyclic) bond motifs is 1. The first-order chi connectivity index (χ1) is 22.9. The molecule has 0 radical (unpaired) electrons. The third-order valence-corrected chi connectivity index (χ3v) is 6.94. The SMILES string of the molecule is CC(C)OCCOCCOCCOCCOCCOCCOCCOCCNc1cccc2c1C(=O)N(C1CCC(=O)NC1=O)C2=O. The van der Waals surface area contributed by atoms with Gasteiger partial charge in [0, 0.05) is 18.7 Å². The minimum absolute atomic E-state index is 0.0695. The van der Waals surface area contributed by atoms with Gasteiger partial charge >= 0.3 is 0 Å². The van der Waals surface area contributed by atoms with E-state index < -0.39 is 29.7 Å². The largest absolute Gasteiger partial charge is 0.382 e. The van der Waals surface area contributed by atoms with Gasteiger partial charge in [0.25, 0.3) is 11.8 Å². The van der Waals surface area contributed by atoms with Crippen molar-refractivity contribution in [1.82, 2.24) is 10.2 Å². The molecule has 1 aromatic rings. The lowest BCUT2D eigenvalue weighted by Crippen LogP contribution is -2.54. The van der Waals surface area contributed by atoms with Gasteiger partial charge in [-0.25, -0.2) is 0 Å². The Morgan fingerprint density at radius 3 is 1.68 bits per heavy atom. The van der Waals surface area contributed by atoms with Crippen LogP contribution in [-0.4, -0.2) is 146 Å². The molecule has 2 heterocycles. The molecule has 1 unspecified atom stereocenters. The highest BCUT2D eigenvalue weighted by molar-refractivity contribution is 6.25. The first-order valence-corrected chi connectivity index (χ1v) is 16.1. The third-order valence-electron chi connectivity index (χ3n) is 6.94. The second-order valence-electron chi connectivity index (χ2n) is 10.8. The Kier molecular flexibility index (Phi) is 18.4. The average Bonchev–Trinajstić information content (AvgIpc) is 3.30. The van der Waals surface area contributed by atoms with Crippen molar-refractivity contribution in [2.75, 3.05) is 111 Å². The van der Waals surface area contributed by atoms with Gasteiger partial charge in [-0.1, -0.05) is 6.07 Å². The van der Waals surface area contributed by atoms with Crippen LogP contribution in [0.25, 0.3) is 0 Å². The summed E-state index contributed by atoms with van der Waals surface area (Å²) in [6, 6.07) is 3.91. The first-order valence-electron chi connectivity index (χ1n) is 16.1. The normalized spacial score (nSPS) is 16.3. The van der Waals surface area contributed by atoms with Gasteiger partial charge in [0.1, 0.15) is 6.04 Å². The monoisotopic (exact) mass is 667 g/mol. The lowest BCUT2D eigenvalue weighted by molar-refractivity contribution is -0.136. The number of piperidine rings is 1. The fourth-order valence-corrected chi connectivity index (χ4v) is 4.68. The fraction of sp³-hybridized carbons (Fsp3) is 0.688. The molecule has 1 fully saturated rings. The topological polar surface area (TPSA) is 169 Å². The Hall–Kier alpha value is -3.02. The third kappa shape index (κ3) is 13.9. The van der Waals surface area contributed by atoms with Crippen LogP contribution in [0.15, 0.2) is 18.2 Å². The molecule has 0 saturated carbocycles. The molecule has 15 nitrogen and oxygen atoms in total. The Balaban J connectivity index is 1.10. The van der Waals surface area contributed by atoms with Gasteiger partial charge in [-0.05, 0) is 32.4 Å². The number of imide groups is 2. The van der Waals surface area contributed by atoms with E-state index in [0.29, 0.717) is 111 Å². The standard InChI is InChI=1S/C32H49N3O12/c1-24(2)47-23-22-46-21-20-45-19-18-44-17-16-43-15-14-42-13-12-41-11-10-40-9-8-33-26-5-3-4-25-29(26)32(39)35(31(25)38)27-6-7-28(36)34-30(27)37/h3-5,24,27,33H,6-23H2,1-2H3,(H,34,36,37). The molecule has 1 atom stereocenters. The molecule has 3 rings (SSSR count). The van der Waals surface area contributed by atoms with Gasteiger partial charge in [-0.2, -0.15) is 0 Å². The van der Waals surface area contributed by atoms with Crippen LogP contribution < -0.4 is 10.6 Å². The summed E-state index contributed by atoms with van der Waals surface area (Å²) in [5.41, 5.74) is 0.919. The van der Waals surface area contributed by atoms with Crippen molar-refractivity contribution < 1.29 is 57.1 Å². The zero-order valence-electron chi connectivity index (χ0n) is 27.5. The molecular formula is C32H49N3O12. The summed E-state index contributed by atoms with van der Waals surface area (Å²) >= 11 is 0. The maximum atomic E-state index is 13.1. The van der Waals surface area contributed by atoms with Crippen LogP contribution in [0.3, 0.4) is 0 Å². The molecule has 0 aromatic heterocycles. The van der Waals surface area contributed by atoms with E-state index in [-0.39, 0.29) is 30.1 Å². The Labute approximate surface area is 275 Å². The van der Waals surface area contributed by atoms with E-state index in [2.05, 4.69) is 10.6 Å². The summed E-state index contributed by atoms with van der Waals surface area (Å²) in [5.74, 6) is -2.15. The van der Waals surface area contributed by atoms with E-state index >= 15 is 0 Å². The molecule has 1 aromatic carbocycles. The average molecular weight is 668 g/mol. The van der Waals surface area contributed by atoms with E-state index in [1.54, 1.807) is 18.2 Å². The highest BCUT2D eigenvalue weighted by Gasteiger charge is 2.45. The fourth-order valence-electron chi connectivity index (χ4n) is 4.68. The van der Waals surface area contributed by atoms with Crippen LogP contribution in [0.4, 0.5) is 5.69 Å². The van der Waals surface area contributed by atoms with Gasteiger partial charge < -0.3 is 43.2 Å². The molecule has 2 aliphatic rings. The Bertz CT molecular complexity index is 1120. The number of nitrogens with one attached hydrogen (secondary N) is 2. The van der Waals surface area contributed by atoms with Crippen molar-refractivity contribution in [2.24, 2.45) is 0 Å². The number of nitrogens with zero attached hydrogens (tertiary/aromatic N) is 1. The van der Waals surface area contributed by atoms with E-state index in [1.165, 1.54) is 0 Å². The predicted octanol–water partition coefficient (Wildman–Crippen LogP) is 1.04. The molecule has 0 aliphatic carbocycles. The van der Waals surface area contributed by atoms with Crippen molar-refractivity contribution in [1.29, 1.82) is 0 Å². The molecule has 2 aliphatic heterocycles. The van der Waals surface area contributed by atoms with Crippen molar-refractivity contribution >= 4 is 29.3 Å². The number of benzene rings is 1. The van der Waals surface area contributed by atoms with Gasteiger partial charge in [0.15, 0.2) is 0 Å². The zero-order valence-corrected chi connectivity index (χ0v) is 27.5. The Morgan fingerprint density at radius 1 is 0.702 bits per heavy atom. The van der Waals surface area contributed by atoms with Crippen LogP contribution in [0, 0.1) is 0 Å². The maximum absolute atomic E-state index is 13.1. The summed E-state index contributed by atoms with van der Waals surface area (Å²) in [6.45, 7) is 11.5. The minimum Gasteiger partial charge on any atom is -0.382 e. The smallest absolute Gasteiger partial charge is 0.264 e. The molecule has 4 amide bonds. The number of carbonyl (C=O) groups is 4. The maximum Gasteiger partial charge on any atom is 0.264 e. The van der Waals surface area contributed by atoms with Crippen LogP contribution in [0.2, 0.25) is 0 Å². The number of hydrogen-bond acceptors (Lipinski definition) is 13. The van der Waals surface area contributed by atoms with Crippen LogP contribution in [-0.2, 0) is 47.5 Å². The number of hydrogen-bond donors (Lipinski definition) is 2. The minimum atomic E-state index is -1.01. The lowest BCUT2D eigenvalue weighted by atomic mass is 10.0. The number of anilines is 1. The van der Waals surface area contributed by atoms with Crippen LogP contribution in [0.1, 0.15) is 47.4 Å². The number of ether oxygens (including phenoxy) is 8. The first kappa shape index (κ1) is 38.4. The number of amides is 4. The second-order valence-corrected chi connectivity index (χ2v) is 10.8. The highest BCUT2D eigenvalue weighted by Crippen LogP contribution is 2.32. The van der Waals surface area contributed by atoms with Gasteiger partial charge in [0.05, 0.1) is 116 Å². The summed E-state index contributed by atoms with van der Waals surface area (Å²) in [7, 11) is 0. The van der Waals surface area contributed by atoms with Gasteiger partial charge in [0.2, 0.25) is 11.8 Å². The summed E-state index contributed by atoms with van der Waals surface area (Å²) in [4.78, 5) is 50.8. The summed E-state index contributed by atoms with van der Waals surface area (Å²) in [5, 5.41) is 5.33. The highest BCUT2D eigenvalue weighted by atomic mass is 16.6. The van der Waals surface area contributed by atoms with E-state index in [0.717, 1.165) is 4.90 Å². The number of rotatable bonds is 27. The molecular weight excluding hydrogens is 618 g/mol. The van der Waals surface area contributed by atoms with Gasteiger partial charge in [-0.15, -0.1) is 0 Å². The molecule has 0 bridgehead atoms. The van der Waals surface area contributed by atoms with E-state index in [1.807, 2.05) is 13.8 Å². The molecule has 47 heavy (non-hydrogen) atoms. The summed E-state index contributed by atoms with van der Waals surface area (Å²) in [6.07, 6.45) is 0.392. The zero-order chi connectivity index (χ0) is 33.7. The molecule has 0 spiro atoms. The van der Waals surface area contributed by atoms with Crippen LogP contribution >= 0.6 is 0 Å². The molecule has 2 N–H and O–H groups in total. The lowest BCUT2D eigenvalue weighted by Gasteiger charge is -2.27. The number of carbonyl (C=O) groups excluding carboxylic acids is 4. The van der Waals surface area contributed by atoms with Crippen molar-refractivity contribution in [2.45, 2.75) is 38.8 Å². The predicted molar refractivity (Wildman–Crippen MR) is 168 cm³/mol. The molecule has 1 saturated heterocycles.